The van der Waals surface area contributed by atoms with Gasteiger partial charge in [0.2, 0.25) is 15.9 Å². The summed E-state index contributed by atoms with van der Waals surface area (Å²) in [5.41, 5.74) is -0.567. The lowest BCUT2D eigenvalue weighted by atomic mass is 9.76. The van der Waals surface area contributed by atoms with Gasteiger partial charge in [-0.15, -0.1) is 0 Å². The number of hydrogen-bond donors (Lipinski definition) is 0. The van der Waals surface area contributed by atoms with Gasteiger partial charge in [0.05, 0.1) is 11.5 Å². The van der Waals surface area contributed by atoms with Crippen LogP contribution in [-0.4, -0.2) is 81.4 Å². The van der Waals surface area contributed by atoms with Crippen molar-refractivity contribution in [1.82, 2.24) is 14.1 Å². The fourth-order valence-corrected chi connectivity index (χ4v) is 6.08. The van der Waals surface area contributed by atoms with Gasteiger partial charge in [0.25, 0.3) is 0 Å². The van der Waals surface area contributed by atoms with Crippen LogP contribution < -0.4 is 4.74 Å². The average Bonchev–Trinajstić information content (AvgIpc) is 2.84. The molecule has 0 aromatic heterocycles. The lowest BCUT2D eigenvalue weighted by Crippen LogP contribution is -2.51. The van der Waals surface area contributed by atoms with Gasteiger partial charge in [0, 0.05) is 51.1 Å². The van der Waals surface area contributed by atoms with Gasteiger partial charge in [-0.1, -0.05) is 6.07 Å². The highest BCUT2D eigenvalue weighted by Gasteiger charge is 2.42. The largest absolute Gasteiger partial charge is 0.493 e. The summed E-state index contributed by atoms with van der Waals surface area (Å²) < 4.78 is 60.4. The van der Waals surface area contributed by atoms with E-state index in [0.717, 1.165) is 19.2 Å². The summed E-state index contributed by atoms with van der Waals surface area (Å²) in [5.74, 6) is -0.453. The van der Waals surface area contributed by atoms with E-state index in [1.165, 1.54) is 46.8 Å². The molecular formula is C25H31F2N3O4S. The van der Waals surface area contributed by atoms with E-state index in [0.29, 0.717) is 31.7 Å². The summed E-state index contributed by atoms with van der Waals surface area (Å²) in [7, 11) is -1.83. The molecule has 2 heterocycles. The van der Waals surface area contributed by atoms with E-state index in [1.54, 1.807) is 0 Å². The SMILES string of the molecule is CN1CCN(C(=O)CC2(COc3ccc(F)cc3)CCN(S(=O)(=O)c3cccc(F)c3)CC2)CC1. The van der Waals surface area contributed by atoms with Crippen LogP contribution in [-0.2, 0) is 14.8 Å². The maximum atomic E-state index is 13.7. The van der Waals surface area contributed by atoms with E-state index < -0.39 is 21.3 Å². The number of carbonyl (C=O) groups excluding carboxylic acids is 1. The predicted octanol–water partition coefficient (Wildman–Crippen LogP) is 2.98. The molecule has 0 N–H and O–H groups in total. The zero-order chi connectivity index (χ0) is 25.1. The number of halogens is 2. The number of benzene rings is 2. The maximum absolute atomic E-state index is 13.7. The predicted molar refractivity (Wildman–Crippen MR) is 127 cm³/mol. The molecule has 0 unspecified atom stereocenters. The smallest absolute Gasteiger partial charge is 0.243 e. The first-order valence-corrected chi connectivity index (χ1v) is 13.2. The number of hydrogen-bond acceptors (Lipinski definition) is 5. The van der Waals surface area contributed by atoms with Gasteiger partial charge in [-0.2, -0.15) is 4.31 Å². The van der Waals surface area contributed by atoms with E-state index >= 15 is 0 Å². The van der Waals surface area contributed by atoms with Gasteiger partial charge in [-0.25, -0.2) is 17.2 Å². The second kappa shape index (κ2) is 10.6. The number of piperazine rings is 1. The van der Waals surface area contributed by atoms with E-state index in [9.17, 15) is 22.0 Å². The van der Waals surface area contributed by atoms with Crippen molar-refractivity contribution >= 4 is 15.9 Å². The second-order valence-corrected chi connectivity index (χ2v) is 11.4. The third-order valence-electron chi connectivity index (χ3n) is 6.96. The highest BCUT2D eigenvalue weighted by Crippen LogP contribution is 2.38. The molecule has 1 amide bonds. The van der Waals surface area contributed by atoms with Gasteiger partial charge >= 0.3 is 0 Å². The van der Waals surface area contributed by atoms with Crippen molar-refractivity contribution < 1.29 is 26.7 Å². The summed E-state index contributed by atoms with van der Waals surface area (Å²) >= 11 is 0. The van der Waals surface area contributed by atoms with Crippen molar-refractivity contribution in [2.45, 2.75) is 24.2 Å². The first-order valence-electron chi connectivity index (χ1n) is 11.8. The molecule has 4 rings (SSSR count). The number of sulfonamides is 1. The normalized spacial score (nSPS) is 19.5. The van der Waals surface area contributed by atoms with Crippen molar-refractivity contribution in [3.05, 3.63) is 60.2 Å². The molecule has 0 bridgehead atoms. The topological polar surface area (TPSA) is 70.2 Å². The van der Waals surface area contributed by atoms with Crippen LogP contribution in [0.2, 0.25) is 0 Å². The Morgan fingerprint density at radius 2 is 1.60 bits per heavy atom. The molecule has 7 nitrogen and oxygen atoms in total. The molecule has 0 saturated carbocycles. The molecule has 10 heteroatoms. The van der Waals surface area contributed by atoms with Gasteiger partial charge in [0.1, 0.15) is 17.4 Å². The molecule has 0 spiro atoms. The van der Waals surface area contributed by atoms with Crippen LogP contribution >= 0.6 is 0 Å². The molecule has 2 fully saturated rings. The van der Waals surface area contributed by atoms with Crippen molar-refractivity contribution in [1.29, 1.82) is 0 Å². The van der Waals surface area contributed by atoms with E-state index in [4.69, 9.17) is 4.74 Å². The Hall–Kier alpha value is -2.56. The molecule has 2 aliphatic rings. The minimum atomic E-state index is -3.85. The van der Waals surface area contributed by atoms with E-state index in [1.807, 2.05) is 11.9 Å². The molecule has 2 aromatic carbocycles. The Morgan fingerprint density at radius 3 is 2.23 bits per heavy atom. The Labute approximate surface area is 205 Å². The molecule has 2 aromatic rings. The maximum Gasteiger partial charge on any atom is 0.243 e. The van der Waals surface area contributed by atoms with Crippen molar-refractivity contribution in [2.75, 3.05) is 52.9 Å². The van der Waals surface area contributed by atoms with Crippen molar-refractivity contribution in [2.24, 2.45) is 5.41 Å². The first-order chi connectivity index (χ1) is 16.7. The highest BCUT2D eigenvalue weighted by molar-refractivity contribution is 7.89. The minimum Gasteiger partial charge on any atom is -0.493 e. The van der Waals surface area contributed by atoms with Crippen LogP contribution in [0.1, 0.15) is 19.3 Å². The summed E-state index contributed by atoms with van der Waals surface area (Å²) in [6.07, 6.45) is 1.08. The second-order valence-electron chi connectivity index (χ2n) is 9.46. The fraction of sp³-hybridized carbons (Fsp3) is 0.480. The number of amides is 1. The van der Waals surface area contributed by atoms with Gasteiger partial charge in [-0.05, 0) is 62.4 Å². The Kier molecular flexibility index (Phi) is 7.73. The average molecular weight is 508 g/mol. The van der Waals surface area contributed by atoms with Gasteiger partial charge in [0.15, 0.2) is 0 Å². The zero-order valence-corrected chi connectivity index (χ0v) is 20.6. The quantitative estimate of drug-likeness (QED) is 0.577. The molecule has 0 aliphatic carbocycles. The Balaban J connectivity index is 1.48. The van der Waals surface area contributed by atoms with E-state index in [2.05, 4.69) is 4.90 Å². The molecule has 0 radical (unpaired) electrons. The summed E-state index contributed by atoms with van der Waals surface area (Å²) in [6.45, 7) is 3.54. The van der Waals surface area contributed by atoms with Crippen LogP contribution in [0.3, 0.4) is 0 Å². The Bertz CT molecular complexity index is 1130. The minimum absolute atomic E-state index is 0.0299. The molecule has 35 heavy (non-hydrogen) atoms. The zero-order valence-electron chi connectivity index (χ0n) is 19.8. The number of carbonyl (C=O) groups is 1. The monoisotopic (exact) mass is 507 g/mol. The molecule has 2 aliphatic heterocycles. The highest BCUT2D eigenvalue weighted by atomic mass is 32.2. The number of rotatable bonds is 7. The molecular weight excluding hydrogens is 476 g/mol. The van der Waals surface area contributed by atoms with Crippen LogP contribution in [0.5, 0.6) is 5.75 Å². The number of piperidine rings is 1. The van der Waals surface area contributed by atoms with E-state index in [-0.39, 0.29) is 42.7 Å². The number of nitrogens with zero attached hydrogens (tertiary/aromatic N) is 3. The lowest BCUT2D eigenvalue weighted by Gasteiger charge is -2.42. The summed E-state index contributed by atoms with van der Waals surface area (Å²) in [5, 5.41) is 0. The van der Waals surface area contributed by atoms with Crippen molar-refractivity contribution in [3.63, 3.8) is 0 Å². The third-order valence-corrected chi connectivity index (χ3v) is 8.85. The number of likely N-dealkylation sites (N-methyl/N-ethyl adjacent to an activating group) is 1. The lowest BCUT2D eigenvalue weighted by molar-refractivity contribution is -0.136. The first kappa shape index (κ1) is 25.5. The van der Waals surface area contributed by atoms with Crippen LogP contribution in [0.15, 0.2) is 53.4 Å². The molecule has 190 valence electrons. The van der Waals surface area contributed by atoms with Gasteiger partial charge in [-0.3, -0.25) is 4.79 Å². The van der Waals surface area contributed by atoms with Crippen LogP contribution in [0, 0.1) is 17.0 Å². The fourth-order valence-electron chi connectivity index (χ4n) is 4.61. The van der Waals surface area contributed by atoms with Crippen LogP contribution in [0.4, 0.5) is 8.78 Å². The van der Waals surface area contributed by atoms with Crippen LogP contribution in [0.25, 0.3) is 0 Å². The Morgan fingerprint density at radius 1 is 0.943 bits per heavy atom. The third kappa shape index (κ3) is 6.17. The summed E-state index contributed by atoms with van der Waals surface area (Å²) in [4.78, 5) is 17.1. The molecule has 2 saturated heterocycles. The van der Waals surface area contributed by atoms with Crippen molar-refractivity contribution in [3.8, 4) is 5.75 Å². The van der Waals surface area contributed by atoms with Gasteiger partial charge < -0.3 is 14.5 Å². The summed E-state index contributed by atoms with van der Waals surface area (Å²) in [6, 6.07) is 10.7. The molecule has 0 atom stereocenters. The standard InChI is InChI=1S/C25H31F2N3O4S/c1-28-13-15-29(16-14-28)24(31)18-25(19-34-22-7-5-20(26)6-8-22)9-11-30(12-10-25)35(32,33)23-4-2-3-21(27)17-23/h2-8,17H,9-16,18-19H2,1H3. The number of ether oxygens (including phenoxy) is 1.